The average Bonchev–Trinajstić information content (AvgIpc) is 3.02. The Bertz CT molecular complexity index is 854. The van der Waals surface area contributed by atoms with Gasteiger partial charge in [-0.25, -0.2) is 0 Å². The molecule has 4 aliphatic rings. The van der Waals surface area contributed by atoms with Crippen molar-refractivity contribution in [3.8, 4) is 0 Å². The normalized spacial score (nSPS) is 40.3. The van der Waals surface area contributed by atoms with Crippen LogP contribution in [-0.4, -0.2) is 42.4 Å². The maximum absolute atomic E-state index is 12.9. The van der Waals surface area contributed by atoms with Crippen molar-refractivity contribution in [1.29, 1.82) is 0 Å². The molecule has 0 spiro atoms. The van der Waals surface area contributed by atoms with Crippen LogP contribution in [-0.2, 0) is 16.0 Å². The minimum Gasteiger partial charge on any atom is -0.462 e. The first-order valence-corrected chi connectivity index (χ1v) is 12.3. The van der Waals surface area contributed by atoms with Crippen molar-refractivity contribution in [3.05, 3.63) is 47.0 Å². The zero-order chi connectivity index (χ0) is 21.6. The summed E-state index contributed by atoms with van der Waals surface area (Å²) in [5.74, 6) is 0.404. The van der Waals surface area contributed by atoms with Gasteiger partial charge < -0.3 is 14.7 Å². The molecule has 1 saturated carbocycles. The van der Waals surface area contributed by atoms with Gasteiger partial charge in [-0.15, -0.1) is 0 Å². The molecule has 2 saturated heterocycles. The number of likely N-dealkylation sites (tertiary alicyclic amines) is 1. The second-order valence-corrected chi connectivity index (χ2v) is 11.2. The maximum atomic E-state index is 12.9. The number of ether oxygens (including phenoxy) is 1. The van der Waals surface area contributed by atoms with Crippen molar-refractivity contribution >= 4 is 5.97 Å². The molecule has 1 aromatic rings. The first kappa shape index (κ1) is 21.2. The number of piperidine rings is 1. The van der Waals surface area contributed by atoms with Gasteiger partial charge in [0.2, 0.25) is 0 Å². The van der Waals surface area contributed by atoms with Gasteiger partial charge >= 0.3 is 5.97 Å². The van der Waals surface area contributed by atoms with E-state index in [9.17, 15) is 9.90 Å². The number of carbonyl (C=O) groups excluding carboxylic acids is 1. The van der Waals surface area contributed by atoms with E-state index < -0.39 is 5.60 Å². The molecule has 0 unspecified atom stereocenters. The fraction of sp³-hybridized carbons (Fsp3) is 0.667. The Morgan fingerprint density at radius 1 is 1.16 bits per heavy atom. The molecular weight excluding hydrogens is 386 g/mol. The number of quaternary nitrogens is 1. The number of rotatable bonds is 4. The molecule has 2 N–H and O–H groups in total. The van der Waals surface area contributed by atoms with Crippen molar-refractivity contribution in [3.63, 3.8) is 0 Å². The van der Waals surface area contributed by atoms with Crippen LogP contribution in [0, 0.1) is 17.3 Å². The summed E-state index contributed by atoms with van der Waals surface area (Å²) in [5, 5.41) is 11.1. The lowest BCUT2D eigenvalue weighted by atomic mass is 9.59. The molecule has 168 valence electrons. The number of benzene rings is 1. The van der Waals surface area contributed by atoms with E-state index in [-0.39, 0.29) is 23.4 Å². The lowest BCUT2D eigenvalue weighted by Crippen LogP contribution is -3.14. The molecule has 0 aromatic heterocycles. The van der Waals surface area contributed by atoms with E-state index in [0.717, 1.165) is 51.7 Å². The Balaban J connectivity index is 1.22. The van der Waals surface area contributed by atoms with E-state index in [0.29, 0.717) is 5.92 Å². The minimum atomic E-state index is -0.611. The quantitative estimate of drug-likeness (QED) is 0.577. The highest BCUT2D eigenvalue weighted by Crippen LogP contribution is 2.54. The topological polar surface area (TPSA) is 51.0 Å². The number of aliphatic hydroxyl groups is 1. The molecule has 3 fully saturated rings. The predicted molar refractivity (Wildman–Crippen MR) is 121 cm³/mol. The Labute approximate surface area is 186 Å². The molecule has 2 aliphatic carbocycles. The van der Waals surface area contributed by atoms with Crippen LogP contribution in [0.25, 0.3) is 0 Å². The highest BCUT2D eigenvalue weighted by Gasteiger charge is 2.54. The summed E-state index contributed by atoms with van der Waals surface area (Å²) < 4.78 is 5.96. The van der Waals surface area contributed by atoms with Gasteiger partial charge in [-0.2, -0.15) is 0 Å². The SMILES string of the molecule is CC1=C2C[C@@H]3[C@H](C[NH+]4CCC(O)(Cc5ccccc5)CC4)C(=O)O[C@@H]3C[C@@]2(C)CCC1. The lowest BCUT2D eigenvalue weighted by molar-refractivity contribution is -0.910. The van der Waals surface area contributed by atoms with Crippen molar-refractivity contribution in [2.45, 2.75) is 76.9 Å². The third-order valence-electron chi connectivity index (χ3n) is 8.95. The molecule has 0 amide bonds. The van der Waals surface area contributed by atoms with Crippen LogP contribution in [0.1, 0.15) is 64.4 Å². The van der Waals surface area contributed by atoms with Crippen molar-refractivity contribution < 1.29 is 19.5 Å². The summed E-state index contributed by atoms with van der Waals surface area (Å²) in [6.07, 6.45) is 8.23. The number of allylic oxidation sites excluding steroid dienone is 2. The monoisotopic (exact) mass is 424 g/mol. The van der Waals surface area contributed by atoms with Gasteiger partial charge in [0.15, 0.2) is 0 Å². The first-order chi connectivity index (χ1) is 14.9. The van der Waals surface area contributed by atoms with Gasteiger partial charge in [-0.05, 0) is 50.0 Å². The molecule has 2 aliphatic heterocycles. The van der Waals surface area contributed by atoms with E-state index in [1.54, 1.807) is 11.1 Å². The number of fused-ring (bicyclic) bond motifs is 2. The van der Waals surface area contributed by atoms with Crippen LogP contribution >= 0.6 is 0 Å². The largest absolute Gasteiger partial charge is 0.462 e. The van der Waals surface area contributed by atoms with Gasteiger partial charge in [0.1, 0.15) is 12.0 Å². The minimum absolute atomic E-state index is 0.0205. The summed E-state index contributed by atoms with van der Waals surface area (Å²) >= 11 is 0. The Hall–Kier alpha value is -1.65. The summed E-state index contributed by atoms with van der Waals surface area (Å²) in [6, 6.07) is 10.3. The highest BCUT2D eigenvalue weighted by molar-refractivity contribution is 5.75. The molecule has 31 heavy (non-hydrogen) atoms. The summed E-state index contributed by atoms with van der Waals surface area (Å²) in [6.45, 7) is 7.44. The highest BCUT2D eigenvalue weighted by atomic mass is 16.6. The van der Waals surface area contributed by atoms with Crippen molar-refractivity contribution in [2.24, 2.45) is 17.3 Å². The Kier molecular flexibility index (Phi) is 5.50. The number of carbonyl (C=O) groups is 1. The first-order valence-electron chi connectivity index (χ1n) is 12.3. The van der Waals surface area contributed by atoms with Gasteiger partial charge in [-0.1, -0.05) is 48.4 Å². The zero-order valence-corrected chi connectivity index (χ0v) is 19.2. The number of nitrogens with one attached hydrogen (secondary N) is 1. The van der Waals surface area contributed by atoms with Crippen LogP contribution in [0.3, 0.4) is 0 Å². The molecule has 4 atom stereocenters. The fourth-order valence-corrected chi connectivity index (χ4v) is 7.08. The van der Waals surface area contributed by atoms with E-state index >= 15 is 0 Å². The van der Waals surface area contributed by atoms with Gasteiger partial charge in [-0.3, -0.25) is 4.79 Å². The van der Waals surface area contributed by atoms with Crippen LogP contribution in [0.4, 0.5) is 0 Å². The van der Waals surface area contributed by atoms with E-state index in [1.807, 2.05) is 18.2 Å². The molecule has 2 heterocycles. The number of esters is 1. The molecule has 0 radical (unpaired) electrons. The van der Waals surface area contributed by atoms with Gasteiger partial charge in [0, 0.05) is 25.2 Å². The standard InChI is InChI=1S/C27H37NO3/c1-19-7-6-10-26(2)17-24-21(15-23(19)26)22(25(29)31-24)18-28-13-11-27(30,12-14-28)16-20-8-4-3-5-9-20/h3-5,8-9,21-22,24,30H,6-7,10-18H2,1-2H3/p+1/t21-,22+,24-,26-/m1/s1. The van der Waals surface area contributed by atoms with E-state index in [1.165, 1.54) is 29.7 Å². The smallest absolute Gasteiger partial charge is 0.315 e. The van der Waals surface area contributed by atoms with Crippen LogP contribution in [0.15, 0.2) is 41.5 Å². The number of hydrogen-bond acceptors (Lipinski definition) is 3. The Morgan fingerprint density at radius 2 is 1.90 bits per heavy atom. The summed E-state index contributed by atoms with van der Waals surface area (Å²) in [7, 11) is 0. The molecule has 5 rings (SSSR count). The second-order valence-electron chi connectivity index (χ2n) is 11.2. The third-order valence-corrected chi connectivity index (χ3v) is 8.95. The molecule has 4 nitrogen and oxygen atoms in total. The molecular formula is C27H38NO3+. The van der Waals surface area contributed by atoms with Crippen LogP contribution in [0.5, 0.6) is 0 Å². The molecule has 4 heteroatoms. The van der Waals surface area contributed by atoms with Gasteiger partial charge in [0.25, 0.3) is 0 Å². The van der Waals surface area contributed by atoms with Crippen LogP contribution < -0.4 is 4.90 Å². The Morgan fingerprint density at radius 3 is 2.65 bits per heavy atom. The van der Waals surface area contributed by atoms with Gasteiger partial charge in [0.05, 0.1) is 25.2 Å². The number of hydrogen-bond donors (Lipinski definition) is 2. The zero-order valence-electron chi connectivity index (χ0n) is 19.2. The predicted octanol–water partition coefficient (Wildman–Crippen LogP) is 3.10. The van der Waals surface area contributed by atoms with Crippen LogP contribution in [0.2, 0.25) is 0 Å². The average molecular weight is 425 g/mol. The van der Waals surface area contributed by atoms with E-state index in [2.05, 4.69) is 26.0 Å². The summed E-state index contributed by atoms with van der Waals surface area (Å²) in [4.78, 5) is 14.3. The molecule has 0 bridgehead atoms. The van der Waals surface area contributed by atoms with Crippen molar-refractivity contribution in [1.82, 2.24) is 0 Å². The van der Waals surface area contributed by atoms with Crippen molar-refractivity contribution in [2.75, 3.05) is 19.6 Å². The summed E-state index contributed by atoms with van der Waals surface area (Å²) in [5.41, 5.74) is 4.04. The van der Waals surface area contributed by atoms with E-state index in [4.69, 9.17) is 4.74 Å². The fourth-order valence-electron chi connectivity index (χ4n) is 7.08. The lowest BCUT2D eigenvalue weighted by Gasteiger charge is -2.46. The third kappa shape index (κ3) is 4.09. The second kappa shape index (κ2) is 8.04. The maximum Gasteiger partial charge on any atom is 0.315 e. The molecule has 1 aromatic carbocycles.